The topological polar surface area (TPSA) is 99.5 Å². The molecule has 2 unspecified atom stereocenters. The molecule has 1 aliphatic rings. The molecule has 22 heavy (non-hydrogen) atoms. The summed E-state index contributed by atoms with van der Waals surface area (Å²) in [6.45, 7) is 6.07. The minimum Gasteiger partial charge on any atom is -0.329 e. The van der Waals surface area contributed by atoms with Crippen molar-refractivity contribution in [1.82, 2.24) is 20.9 Å². The molecule has 2 atom stereocenters. The van der Waals surface area contributed by atoms with E-state index in [9.17, 15) is 9.59 Å². The van der Waals surface area contributed by atoms with E-state index in [0.29, 0.717) is 26.1 Å². The van der Waals surface area contributed by atoms with E-state index in [1.54, 1.807) is 0 Å². The van der Waals surface area contributed by atoms with Crippen LogP contribution in [0.4, 0.5) is 0 Å². The highest BCUT2D eigenvalue weighted by Crippen LogP contribution is 2.32. The van der Waals surface area contributed by atoms with Crippen molar-refractivity contribution in [3.8, 4) is 0 Å². The fourth-order valence-electron chi connectivity index (χ4n) is 2.21. The van der Waals surface area contributed by atoms with Crippen molar-refractivity contribution in [3.63, 3.8) is 0 Å². The normalized spacial score (nSPS) is 18.3. The molecular weight excluding hydrogens is 415 g/mol. The lowest BCUT2D eigenvalue weighted by molar-refractivity contribution is -0.138. The molecule has 0 bridgehead atoms. The van der Waals surface area contributed by atoms with Crippen LogP contribution >= 0.6 is 31.5 Å². The summed E-state index contributed by atoms with van der Waals surface area (Å²) < 4.78 is 0.115. The smallest absolute Gasteiger partial charge is 0.252 e. The highest BCUT2D eigenvalue weighted by molar-refractivity contribution is 14.1. The van der Waals surface area contributed by atoms with Gasteiger partial charge >= 0.3 is 0 Å². The van der Waals surface area contributed by atoms with Crippen LogP contribution in [0.1, 0.15) is 6.42 Å². The van der Waals surface area contributed by atoms with E-state index in [1.165, 1.54) is 4.90 Å². The summed E-state index contributed by atoms with van der Waals surface area (Å²) in [5.41, 5.74) is 5.37. The molecule has 2 amide bonds. The fourth-order valence-corrected chi connectivity index (χ4v) is 3.08. The summed E-state index contributed by atoms with van der Waals surface area (Å²) in [5.74, 6) is -0.267. The molecule has 0 aromatic heterocycles. The molecule has 1 rings (SSSR count). The van der Waals surface area contributed by atoms with Crippen LogP contribution in [0.15, 0.2) is 0 Å². The zero-order valence-electron chi connectivity index (χ0n) is 12.8. The number of rotatable bonds is 12. The lowest BCUT2D eigenvalue weighted by Gasteiger charge is -2.15. The van der Waals surface area contributed by atoms with E-state index in [0.717, 1.165) is 32.7 Å². The molecule has 0 spiro atoms. The van der Waals surface area contributed by atoms with Crippen molar-refractivity contribution in [3.05, 3.63) is 0 Å². The molecule has 10 heteroatoms. The minimum atomic E-state index is -0.180. The molecule has 0 aliphatic carbocycles. The average Bonchev–Trinajstić information content (AvgIpc) is 2.77. The van der Waals surface area contributed by atoms with Gasteiger partial charge in [0.25, 0.3) is 4.29 Å². The molecule has 1 fully saturated rings. The quantitative estimate of drug-likeness (QED) is 0.0983. The summed E-state index contributed by atoms with van der Waals surface area (Å²) in [6.07, 6.45) is 0.341. The predicted octanol–water partition coefficient (Wildman–Crippen LogP) is -1.36. The maximum atomic E-state index is 12.1. The van der Waals surface area contributed by atoms with E-state index >= 15 is 0 Å². The predicted molar refractivity (Wildman–Crippen MR) is 102 cm³/mol. The molecule has 0 radical (unpaired) electrons. The van der Waals surface area contributed by atoms with Gasteiger partial charge in [0.2, 0.25) is 11.8 Å². The zero-order valence-corrected chi connectivity index (χ0v) is 16.1. The van der Waals surface area contributed by atoms with Gasteiger partial charge in [-0.3, -0.25) is 14.5 Å². The van der Waals surface area contributed by atoms with Crippen LogP contribution < -0.4 is 21.7 Å². The first-order chi connectivity index (χ1) is 10.6. The third kappa shape index (κ3) is 7.19. The first kappa shape index (κ1) is 20.2. The molecule has 126 valence electrons. The molecule has 1 saturated heterocycles. The Morgan fingerprint density at radius 2 is 1.68 bits per heavy atom. The highest BCUT2D eigenvalue weighted by atomic mass is 127. The number of nitrogens with two attached hydrogens (primary N) is 1. The second-order valence-electron chi connectivity index (χ2n) is 5.18. The molecule has 5 N–H and O–H groups in total. The van der Waals surface area contributed by atoms with Crippen molar-refractivity contribution < 1.29 is 9.59 Å². The minimum absolute atomic E-state index is 0.0368. The van der Waals surface area contributed by atoms with Gasteiger partial charge in [-0.1, -0.05) is 0 Å². The van der Waals surface area contributed by atoms with Crippen LogP contribution in [-0.2, 0) is 9.59 Å². The Labute approximate surface area is 148 Å². The van der Waals surface area contributed by atoms with Crippen molar-refractivity contribution in [2.24, 2.45) is 5.73 Å². The third-order valence-corrected chi connectivity index (χ3v) is 4.79. The second kappa shape index (κ2) is 11.7. The van der Waals surface area contributed by atoms with Gasteiger partial charge in [0.15, 0.2) is 0 Å². The molecule has 0 aromatic rings. The number of nitrogens with one attached hydrogen (secondary N) is 3. The van der Waals surface area contributed by atoms with Crippen molar-refractivity contribution in [1.29, 1.82) is 0 Å². The van der Waals surface area contributed by atoms with Crippen LogP contribution in [0.2, 0.25) is 5.82 Å². The van der Waals surface area contributed by atoms with Gasteiger partial charge in [0.05, 0.1) is 0 Å². The number of carbonyl (C=O) groups is 2. The molecule has 0 aromatic carbocycles. The van der Waals surface area contributed by atoms with E-state index in [4.69, 9.17) is 5.73 Å². The summed E-state index contributed by atoms with van der Waals surface area (Å²) in [6, 6.07) is 0. The number of carbonyl (C=O) groups excluding carboxylic acids is 2. The summed E-state index contributed by atoms with van der Waals surface area (Å²) in [5, 5.41) is 9.74. The van der Waals surface area contributed by atoms with E-state index in [2.05, 4.69) is 47.4 Å². The Morgan fingerprint density at radius 1 is 1.14 bits per heavy atom. The van der Waals surface area contributed by atoms with Crippen LogP contribution in [0.3, 0.4) is 0 Å². The van der Waals surface area contributed by atoms with Gasteiger partial charge in [-0.2, -0.15) is 9.12 Å². The van der Waals surface area contributed by atoms with Gasteiger partial charge in [0.1, 0.15) is 0 Å². The largest absolute Gasteiger partial charge is 0.329 e. The van der Waals surface area contributed by atoms with E-state index in [-0.39, 0.29) is 21.9 Å². The van der Waals surface area contributed by atoms with Crippen LogP contribution in [0.25, 0.3) is 0 Å². The molecular formula is C12H26BIN5O2P. The summed E-state index contributed by atoms with van der Waals surface area (Å²) in [4.78, 5) is 25.3. The molecule has 7 nitrogen and oxygen atoms in total. The highest BCUT2D eigenvalue weighted by Gasteiger charge is 2.41. The number of nitrogens with zero attached hydrogens (tertiary/aromatic N) is 1. The summed E-state index contributed by atoms with van der Waals surface area (Å²) >= 11 is 2.18. The Kier molecular flexibility index (Phi) is 10.8. The maximum Gasteiger partial charge on any atom is 0.252 e. The Balaban J connectivity index is 2.03. The van der Waals surface area contributed by atoms with E-state index in [1.807, 2.05) is 0 Å². The van der Waals surface area contributed by atoms with Crippen LogP contribution in [0, 0.1) is 0 Å². The monoisotopic (exact) mass is 441 g/mol. The molecule has 0 saturated carbocycles. The molecule has 1 heterocycles. The number of hydrogen-bond acceptors (Lipinski definition) is 6. The molecule has 1 aliphatic heterocycles. The Bertz CT molecular complexity index is 364. The zero-order chi connectivity index (χ0) is 16.4. The number of amides is 2. The summed E-state index contributed by atoms with van der Waals surface area (Å²) in [7, 11) is 2.60. The number of halogens is 1. The second-order valence-corrected chi connectivity index (χ2v) is 8.69. The van der Waals surface area contributed by atoms with Gasteiger partial charge in [0, 0.05) is 64.6 Å². The fraction of sp³-hybridized carbons (Fsp3) is 0.833. The van der Waals surface area contributed by atoms with Crippen LogP contribution in [-0.4, -0.2) is 73.4 Å². The van der Waals surface area contributed by atoms with Crippen molar-refractivity contribution in [2.75, 3.05) is 52.4 Å². The maximum absolute atomic E-state index is 12.1. The van der Waals surface area contributed by atoms with Crippen molar-refractivity contribution in [2.45, 2.75) is 12.2 Å². The number of imide groups is 1. The Hall–Kier alpha value is 0.205. The standard InChI is InChI=1S/C12H26BIN5O2P/c14-13(22)10-9-11(20)19(12(10)21)8-7-18-6-5-17-4-3-16-2-1-15/h10,16-18H,1-9,15,22H2. The third-order valence-electron chi connectivity index (χ3n) is 3.45. The average molecular weight is 441 g/mol. The van der Waals surface area contributed by atoms with Crippen molar-refractivity contribution >= 4 is 47.6 Å². The van der Waals surface area contributed by atoms with Crippen LogP contribution in [0.5, 0.6) is 0 Å². The number of hydrogen-bond donors (Lipinski definition) is 4. The van der Waals surface area contributed by atoms with Gasteiger partial charge in [-0.05, 0) is 0 Å². The first-order valence-corrected chi connectivity index (χ1v) is 9.55. The lowest BCUT2D eigenvalue weighted by atomic mass is 9.84. The van der Waals surface area contributed by atoms with Gasteiger partial charge < -0.3 is 21.7 Å². The lowest BCUT2D eigenvalue weighted by Crippen LogP contribution is -2.39. The SMILES string of the molecule is NCCNCCNCCNCCN1C(=O)CC(B(P)I)C1=O. The number of likely N-dealkylation sites (tertiary alicyclic amines) is 1. The van der Waals surface area contributed by atoms with Gasteiger partial charge in [-0.15, -0.1) is 22.4 Å². The first-order valence-electron chi connectivity index (χ1n) is 7.64. The van der Waals surface area contributed by atoms with E-state index < -0.39 is 0 Å². The van der Waals surface area contributed by atoms with Gasteiger partial charge in [-0.25, -0.2) is 0 Å². The Morgan fingerprint density at radius 3 is 2.18 bits per heavy atom.